The highest BCUT2D eigenvalue weighted by atomic mass is 19.4. The number of nitrogens with one attached hydrogen (secondary N) is 1. The number of carbonyl (C=O) groups excluding carboxylic acids is 1. The molecule has 1 aliphatic carbocycles. The summed E-state index contributed by atoms with van der Waals surface area (Å²) in [6, 6.07) is 9.36. The van der Waals surface area contributed by atoms with Crippen molar-refractivity contribution in [2.24, 2.45) is 11.7 Å². The lowest BCUT2D eigenvalue weighted by molar-refractivity contribution is -0.141. The topological polar surface area (TPSA) is 88.2 Å². The lowest BCUT2D eigenvalue weighted by atomic mass is 9.95. The first-order valence-electron chi connectivity index (χ1n) is 9.09. The number of halogens is 3. The van der Waals surface area contributed by atoms with Crippen molar-refractivity contribution < 1.29 is 23.1 Å². The number of ketones is 1. The number of nitrogens with two attached hydrogens (primary N) is 1. The zero-order valence-electron chi connectivity index (χ0n) is 15.2. The second-order valence-electron chi connectivity index (χ2n) is 7.03. The molecule has 0 aliphatic heterocycles. The van der Waals surface area contributed by atoms with Gasteiger partial charge in [0.1, 0.15) is 11.5 Å². The fraction of sp³-hybridized carbons (Fsp3) is 0.400. The number of hydrogen-bond acceptors (Lipinski definition) is 5. The van der Waals surface area contributed by atoms with E-state index in [-0.39, 0.29) is 30.6 Å². The molecule has 0 amide bonds. The number of pyridine rings is 1. The van der Waals surface area contributed by atoms with Crippen LogP contribution in [0.4, 0.5) is 19.0 Å². The summed E-state index contributed by atoms with van der Waals surface area (Å²) in [5.41, 5.74) is 6.10. The molecule has 0 bridgehead atoms. The van der Waals surface area contributed by atoms with E-state index in [0.717, 1.165) is 11.6 Å². The Balaban J connectivity index is 1.72. The molecule has 0 saturated heterocycles. The summed E-state index contributed by atoms with van der Waals surface area (Å²) < 4.78 is 38.9. The van der Waals surface area contributed by atoms with E-state index in [0.29, 0.717) is 30.4 Å². The van der Waals surface area contributed by atoms with Gasteiger partial charge < -0.3 is 16.2 Å². The molecule has 8 heteroatoms. The summed E-state index contributed by atoms with van der Waals surface area (Å²) in [5, 5.41) is 12.5. The molecular formula is C20H22F3N3O2. The van der Waals surface area contributed by atoms with Crippen molar-refractivity contribution in [2.45, 2.75) is 44.6 Å². The second-order valence-corrected chi connectivity index (χ2v) is 7.03. The van der Waals surface area contributed by atoms with Gasteiger partial charge in [-0.25, -0.2) is 4.98 Å². The van der Waals surface area contributed by atoms with Crippen molar-refractivity contribution >= 4 is 11.6 Å². The summed E-state index contributed by atoms with van der Waals surface area (Å²) in [4.78, 5) is 16.2. The van der Waals surface area contributed by atoms with Crippen LogP contribution in [-0.4, -0.2) is 22.0 Å². The number of rotatable bonds is 6. The first-order chi connectivity index (χ1) is 13.3. The van der Waals surface area contributed by atoms with Crippen LogP contribution in [0.2, 0.25) is 0 Å². The summed E-state index contributed by atoms with van der Waals surface area (Å²) >= 11 is 0. The molecule has 150 valence electrons. The van der Waals surface area contributed by atoms with Crippen LogP contribution in [0, 0.1) is 5.92 Å². The lowest BCUT2D eigenvalue weighted by Gasteiger charge is -2.13. The first-order valence-corrected chi connectivity index (χ1v) is 9.09. The fourth-order valence-corrected chi connectivity index (χ4v) is 3.40. The average molecular weight is 393 g/mol. The Morgan fingerprint density at radius 3 is 2.64 bits per heavy atom. The molecule has 3 rings (SSSR count). The number of benzene rings is 1. The van der Waals surface area contributed by atoms with Crippen LogP contribution in [0.25, 0.3) is 0 Å². The number of carbonyl (C=O) groups is 1. The van der Waals surface area contributed by atoms with Gasteiger partial charge in [-0.2, -0.15) is 13.2 Å². The molecule has 1 saturated carbocycles. The Hall–Kier alpha value is -2.45. The number of nitrogens with zero attached hydrogens (tertiary/aromatic N) is 1. The van der Waals surface area contributed by atoms with Crippen molar-refractivity contribution in [3.05, 3.63) is 58.8 Å². The van der Waals surface area contributed by atoms with E-state index in [9.17, 15) is 23.1 Å². The largest absolute Gasteiger partial charge is 0.433 e. The van der Waals surface area contributed by atoms with E-state index in [1.165, 1.54) is 6.07 Å². The standard InChI is InChI=1S/C20H22F3N3O2/c21-20(22,23)17-7-13(10-24)8-18(26-17)25-11-12-2-1-3-14(6-12)19(28)15-4-5-16(27)9-15/h1-3,6-8,15-16,27H,4-5,9-11,24H2,(H,25,26)/t15?,16-/m0/s1. The van der Waals surface area contributed by atoms with E-state index in [2.05, 4.69) is 10.3 Å². The number of aromatic nitrogens is 1. The number of aliphatic hydroxyl groups is 1. The second kappa shape index (κ2) is 8.28. The van der Waals surface area contributed by atoms with Crippen molar-refractivity contribution in [2.75, 3.05) is 5.32 Å². The monoisotopic (exact) mass is 393 g/mol. The van der Waals surface area contributed by atoms with Crippen molar-refractivity contribution in [1.82, 2.24) is 4.98 Å². The predicted molar refractivity (Wildman–Crippen MR) is 98.6 cm³/mol. The van der Waals surface area contributed by atoms with Crippen molar-refractivity contribution in [3.8, 4) is 0 Å². The molecule has 1 aliphatic rings. The molecule has 5 nitrogen and oxygen atoms in total. The summed E-state index contributed by atoms with van der Waals surface area (Å²) in [6.45, 7) is 0.185. The highest BCUT2D eigenvalue weighted by Crippen LogP contribution is 2.30. The Kier molecular flexibility index (Phi) is 6.00. The minimum absolute atomic E-state index is 0.0130. The molecule has 4 N–H and O–H groups in total. The van der Waals surface area contributed by atoms with Crippen LogP contribution in [-0.2, 0) is 19.3 Å². The minimum atomic E-state index is -4.56. The van der Waals surface area contributed by atoms with E-state index in [1.54, 1.807) is 24.3 Å². The molecule has 1 heterocycles. The van der Waals surface area contributed by atoms with Crippen LogP contribution >= 0.6 is 0 Å². The maximum Gasteiger partial charge on any atom is 0.433 e. The van der Waals surface area contributed by atoms with Crippen LogP contribution in [0.3, 0.4) is 0 Å². The van der Waals surface area contributed by atoms with Crippen LogP contribution in [0.15, 0.2) is 36.4 Å². The molecule has 0 spiro atoms. The number of anilines is 1. The quantitative estimate of drug-likeness (QED) is 0.654. The van der Waals surface area contributed by atoms with Crippen molar-refractivity contribution in [3.63, 3.8) is 0 Å². The number of alkyl halides is 3. The third-order valence-electron chi connectivity index (χ3n) is 4.87. The van der Waals surface area contributed by atoms with Gasteiger partial charge in [0.15, 0.2) is 5.78 Å². The number of aliphatic hydroxyl groups excluding tert-OH is 1. The zero-order valence-corrected chi connectivity index (χ0v) is 15.2. The molecule has 28 heavy (non-hydrogen) atoms. The van der Waals surface area contributed by atoms with E-state index < -0.39 is 18.0 Å². The van der Waals surface area contributed by atoms with Gasteiger partial charge in [0, 0.05) is 24.6 Å². The molecule has 1 aromatic carbocycles. The molecule has 2 aromatic rings. The van der Waals surface area contributed by atoms with Gasteiger partial charge >= 0.3 is 6.18 Å². The molecule has 0 radical (unpaired) electrons. The highest BCUT2D eigenvalue weighted by molar-refractivity contribution is 5.98. The zero-order chi connectivity index (χ0) is 20.3. The van der Waals surface area contributed by atoms with Crippen LogP contribution in [0.5, 0.6) is 0 Å². The van der Waals surface area contributed by atoms with Gasteiger partial charge in [0.05, 0.1) is 6.10 Å². The molecule has 1 aromatic heterocycles. The van der Waals surface area contributed by atoms with Gasteiger partial charge in [-0.1, -0.05) is 18.2 Å². The highest BCUT2D eigenvalue weighted by Gasteiger charge is 2.33. The average Bonchev–Trinajstić information content (AvgIpc) is 3.11. The summed E-state index contributed by atoms with van der Waals surface area (Å²) in [5.74, 6) is -0.123. The van der Waals surface area contributed by atoms with E-state index in [4.69, 9.17) is 5.73 Å². The van der Waals surface area contributed by atoms with Gasteiger partial charge in [-0.05, 0) is 48.6 Å². The fourth-order valence-electron chi connectivity index (χ4n) is 3.40. The Labute approximate surface area is 160 Å². The Bertz CT molecular complexity index is 855. The summed E-state index contributed by atoms with van der Waals surface area (Å²) in [6.07, 6.45) is -3.22. The number of hydrogen-bond donors (Lipinski definition) is 3. The number of Topliss-reactive ketones (excluding diaryl/α,β-unsaturated/α-hetero) is 1. The lowest BCUT2D eigenvalue weighted by Crippen LogP contribution is -2.14. The molecule has 2 atom stereocenters. The predicted octanol–water partition coefficient (Wildman–Crippen LogP) is 3.51. The SMILES string of the molecule is NCc1cc(NCc2cccc(C(=O)C3CC[C@H](O)C3)c2)nc(C(F)(F)F)c1. The van der Waals surface area contributed by atoms with Gasteiger partial charge in [-0.15, -0.1) is 0 Å². The summed E-state index contributed by atoms with van der Waals surface area (Å²) in [7, 11) is 0. The first kappa shape index (κ1) is 20.3. The minimum Gasteiger partial charge on any atom is -0.393 e. The van der Waals surface area contributed by atoms with Crippen molar-refractivity contribution in [1.29, 1.82) is 0 Å². The smallest absolute Gasteiger partial charge is 0.393 e. The molecular weight excluding hydrogens is 371 g/mol. The van der Waals surface area contributed by atoms with E-state index in [1.807, 2.05) is 0 Å². The third-order valence-corrected chi connectivity index (χ3v) is 4.87. The van der Waals surface area contributed by atoms with Gasteiger partial charge in [0.2, 0.25) is 0 Å². The Morgan fingerprint density at radius 1 is 1.21 bits per heavy atom. The maximum absolute atomic E-state index is 13.0. The van der Waals surface area contributed by atoms with Gasteiger partial charge in [0.25, 0.3) is 0 Å². The third kappa shape index (κ3) is 4.88. The maximum atomic E-state index is 13.0. The van der Waals surface area contributed by atoms with E-state index >= 15 is 0 Å². The van der Waals surface area contributed by atoms with Crippen LogP contribution in [0.1, 0.15) is 46.4 Å². The normalized spacial score (nSPS) is 19.6. The molecule has 1 unspecified atom stereocenters. The molecule has 1 fully saturated rings. The van der Waals surface area contributed by atoms with Gasteiger partial charge in [-0.3, -0.25) is 4.79 Å². The Morgan fingerprint density at radius 2 is 2.00 bits per heavy atom. The van der Waals surface area contributed by atoms with Crippen LogP contribution < -0.4 is 11.1 Å².